The third-order valence-electron chi connectivity index (χ3n) is 3.65. The second-order valence-electron chi connectivity index (χ2n) is 5.41. The van der Waals surface area contributed by atoms with Crippen LogP contribution in [-0.2, 0) is 27.4 Å². The van der Waals surface area contributed by atoms with Crippen molar-refractivity contribution in [2.24, 2.45) is 0 Å². The monoisotopic (exact) mass is 346 g/mol. The number of aromatic nitrogens is 1. The Balaban J connectivity index is 1.65. The number of nitrogens with zero attached hydrogens (tertiary/aromatic N) is 2. The van der Waals surface area contributed by atoms with Gasteiger partial charge in [-0.15, -0.1) is 11.8 Å². The van der Waals surface area contributed by atoms with E-state index < -0.39 is 0 Å². The van der Waals surface area contributed by atoms with Gasteiger partial charge in [0, 0.05) is 31.8 Å². The van der Waals surface area contributed by atoms with Gasteiger partial charge in [-0.3, -0.25) is 14.6 Å². The summed E-state index contributed by atoms with van der Waals surface area (Å²) in [4.78, 5) is 29.1. The van der Waals surface area contributed by atoms with Gasteiger partial charge in [0.15, 0.2) is 0 Å². The van der Waals surface area contributed by atoms with E-state index in [9.17, 15) is 9.59 Å². The predicted octanol–water partition coefficient (Wildman–Crippen LogP) is 2.55. The number of hydrogen-bond acceptors (Lipinski definition) is 6. The molecule has 7 heteroatoms. The van der Waals surface area contributed by atoms with Crippen molar-refractivity contribution in [2.45, 2.75) is 25.3 Å². The minimum atomic E-state index is -0.352. The maximum Gasteiger partial charge on any atom is 0.303 e. The van der Waals surface area contributed by atoms with Gasteiger partial charge < -0.3 is 14.1 Å². The molecule has 2 aromatic rings. The molecule has 1 saturated heterocycles. The topological polar surface area (TPSA) is 72.6 Å². The fourth-order valence-corrected chi connectivity index (χ4v) is 3.65. The molecular weight excluding hydrogens is 328 g/mol. The average molecular weight is 346 g/mol. The molecule has 0 radical (unpaired) electrons. The summed E-state index contributed by atoms with van der Waals surface area (Å²) in [5.74, 6) is 1.46. The Morgan fingerprint density at radius 1 is 1.42 bits per heavy atom. The summed E-state index contributed by atoms with van der Waals surface area (Å²) in [7, 11) is 0. The predicted molar refractivity (Wildman–Crippen MR) is 89.0 cm³/mol. The summed E-state index contributed by atoms with van der Waals surface area (Å²) >= 11 is 1.54. The van der Waals surface area contributed by atoms with Crippen LogP contribution in [0.3, 0.4) is 0 Å². The van der Waals surface area contributed by atoms with Gasteiger partial charge in [0.25, 0.3) is 0 Å². The molecule has 3 rings (SSSR count). The number of pyridine rings is 1. The fourth-order valence-electron chi connectivity index (χ4n) is 2.49. The van der Waals surface area contributed by atoms with Crippen LogP contribution < -0.4 is 0 Å². The molecule has 0 bridgehead atoms. The SMILES string of the molecule is CC(=O)OCc1ccc(C2SCC(=O)N2CCc2ccccn2)o1. The number of esters is 1. The number of thioether (sulfide) groups is 1. The first-order valence-electron chi connectivity index (χ1n) is 7.66. The van der Waals surface area contributed by atoms with Crippen LogP contribution in [0.25, 0.3) is 0 Å². The Morgan fingerprint density at radius 3 is 3.04 bits per heavy atom. The largest absolute Gasteiger partial charge is 0.459 e. The van der Waals surface area contributed by atoms with E-state index in [1.54, 1.807) is 12.3 Å². The Kier molecular flexibility index (Phi) is 5.20. The zero-order valence-electron chi connectivity index (χ0n) is 13.3. The van der Waals surface area contributed by atoms with Crippen molar-refractivity contribution >= 4 is 23.6 Å². The number of carbonyl (C=O) groups excluding carboxylic acids is 2. The molecule has 126 valence electrons. The average Bonchev–Trinajstić information content (AvgIpc) is 3.18. The van der Waals surface area contributed by atoms with Gasteiger partial charge in [0.1, 0.15) is 23.5 Å². The van der Waals surface area contributed by atoms with Crippen molar-refractivity contribution in [3.63, 3.8) is 0 Å². The molecule has 1 unspecified atom stereocenters. The van der Waals surface area contributed by atoms with Crippen LogP contribution in [0.1, 0.15) is 29.5 Å². The number of rotatable bonds is 6. The molecule has 1 atom stereocenters. The van der Waals surface area contributed by atoms with E-state index in [2.05, 4.69) is 4.98 Å². The molecule has 2 aromatic heterocycles. The van der Waals surface area contributed by atoms with E-state index in [-0.39, 0.29) is 23.9 Å². The van der Waals surface area contributed by atoms with E-state index in [1.807, 2.05) is 29.2 Å². The molecule has 1 aliphatic heterocycles. The van der Waals surface area contributed by atoms with Crippen LogP contribution in [0, 0.1) is 0 Å². The number of ether oxygens (including phenoxy) is 1. The van der Waals surface area contributed by atoms with Crippen LogP contribution in [0.4, 0.5) is 0 Å². The Labute approximate surface area is 144 Å². The van der Waals surface area contributed by atoms with Gasteiger partial charge in [-0.05, 0) is 24.3 Å². The minimum absolute atomic E-state index is 0.0962. The van der Waals surface area contributed by atoms with Crippen LogP contribution >= 0.6 is 11.8 Å². The number of amides is 1. The quantitative estimate of drug-likeness (QED) is 0.749. The normalized spacial score (nSPS) is 17.3. The third-order valence-corrected chi connectivity index (χ3v) is 4.86. The highest BCUT2D eigenvalue weighted by atomic mass is 32.2. The molecular formula is C17H18N2O4S. The summed E-state index contributed by atoms with van der Waals surface area (Å²) in [6.45, 7) is 2.05. The first kappa shape index (κ1) is 16.6. The zero-order valence-corrected chi connectivity index (χ0v) is 14.1. The minimum Gasteiger partial charge on any atom is -0.459 e. The summed E-state index contributed by atoms with van der Waals surface area (Å²) in [6.07, 6.45) is 2.45. The molecule has 1 amide bonds. The smallest absolute Gasteiger partial charge is 0.303 e. The lowest BCUT2D eigenvalue weighted by Crippen LogP contribution is -2.30. The number of furan rings is 1. The van der Waals surface area contributed by atoms with Crippen molar-refractivity contribution in [2.75, 3.05) is 12.3 Å². The lowest BCUT2D eigenvalue weighted by molar-refractivity contribution is -0.142. The van der Waals surface area contributed by atoms with Crippen molar-refractivity contribution in [1.82, 2.24) is 9.88 Å². The van der Waals surface area contributed by atoms with Gasteiger partial charge in [0.2, 0.25) is 5.91 Å². The highest BCUT2D eigenvalue weighted by Crippen LogP contribution is 2.39. The van der Waals surface area contributed by atoms with Crippen molar-refractivity contribution in [1.29, 1.82) is 0 Å². The van der Waals surface area contributed by atoms with Gasteiger partial charge in [0.05, 0.1) is 5.75 Å². The van der Waals surface area contributed by atoms with E-state index in [0.29, 0.717) is 30.2 Å². The van der Waals surface area contributed by atoms with Crippen molar-refractivity contribution in [3.8, 4) is 0 Å². The number of hydrogen-bond donors (Lipinski definition) is 0. The molecule has 1 fully saturated rings. The lowest BCUT2D eigenvalue weighted by atomic mass is 10.2. The molecule has 0 aromatic carbocycles. The van der Waals surface area contributed by atoms with E-state index in [4.69, 9.17) is 9.15 Å². The van der Waals surface area contributed by atoms with Crippen molar-refractivity contribution in [3.05, 3.63) is 53.7 Å². The maximum absolute atomic E-state index is 12.2. The molecule has 0 N–H and O–H groups in total. The zero-order chi connectivity index (χ0) is 16.9. The second-order valence-corrected chi connectivity index (χ2v) is 6.47. The lowest BCUT2D eigenvalue weighted by Gasteiger charge is -2.22. The molecule has 0 spiro atoms. The number of carbonyl (C=O) groups is 2. The van der Waals surface area contributed by atoms with Crippen LogP contribution in [0.2, 0.25) is 0 Å². The fraction of sp³-hybridized carbons (Fsp3) is 0.353. The molecule has 6 nitrogen and oxygen atoms in total. The van der Waals surface area contributed by atoms with Crippen LogP contribution in [0.15, 0.2) is 40.9 Å². The van der Waals surface area contributed by atoms with Gasteiger partial charge >= 0.3 is 5.97 Å². The third kappa shape index (κ3) is 3.97. The van der Waals surface area contributed by atoms with Gasteiger partial charge in [-0.25, -0.2) is 0 Å². The molecule has 3 heterocycles. The van der Waals surface area contributed by atoms with E-state index in [0.717, 1.165) is 5.69 Å². The summed E-state index contributed by atoms with van der Waals surface area (Å²) < 4.78 is 10.7. The highest BCUT2D eigenvalue weighted by molar-refractivity contribution is 8.00. The molecule has 0 aliphatic carbocycles. The summed E-state index contributed by atoms with van der Waals surface area (Å²) in [5, 5.41) is -0.146. The van der Waals surface area contributed by atoms with Gasteiger partial charge in [-0.2, -0.15) is 0 Å². The first-order valence-corrected chi connectivity index (χ1v) is 8.71. The van der Waals surface area contributed by atoms with Crippen molar-refractivity contribution < 1.29 is 18.7 Å². The second kappa shape index (κ2) is 7.53. The maximum atomic E-state index is 12.2. The summed E-state index contributed by atoms with van der Waals surface area (Å²) in [6, 6.07) is 9.37. The molecule has 0 saturated carbocycles. The van der Waals surface area contributed by atoms with E-state index >= 15 is 0 Å². The van der Waals surface area contributed by atoms with Gasteiger partial charge in [-0.1, -0.05) is 6.07 Å². The molecule has 1 aliphatic rings. The van der Waals surface area contributed by atoms with E-state index in [1.165, 1.54) is 18.7 Å². The molecule has 24 heavy (non-hydrogen) atoms. The van der Waals surface area contributed by atoms with Crippen LogP contribution in [-0.4, -0.2) is 34.1 Å². The van der Waals surface area contributed by atoms with Crippen LogP contribution in [0.5, 0.6) is 0 Å². The standard InChI is InChI=1S/C17H18N2O4S/c1-12(20)22-10-14-5-6-15(23-14)17-19(16(21)11-24-17)9-7-13-4-2-3-8-18-13/h2-6,8,17H,7,9-11H2,1H3. The first-order chi connectivity index (χ1) is 11.6. The Bertz CT molecular complexity index is 716. The Hall–Kier alpha value is -2.28. The summed E-state index contributed by atoms with van der Waals surface area (Å²) in [5.41, 5.74) is 0.955. The Morgan fingerprint density at radius 2 is 2.29 bits per heavy atom. The highest BCUT2D eigenvalue weighted by Gasteiger charge is 2.34.